The third kappa shape index (κ3) is 5.42. The van der Waals surface area contributed by atoms with Crippen LogP contribution in [0.3, 0.4) is 0 Å². The fraction of sp³-hybridized carbons (Fsp3) is 0.400. The molecule has 28 heavy (non-hydrogen) atoms. The van der Waals surface area contributed by atoms with Crippen molar-refractivity contribution in [2.45, 2.75) is 44.6 Å². The van der Waals surface area contributed by atoms with Crippen molar-refractivity contribution in [3.63, 3.8) is 0 Å². The number of benzene rings is 1. The van der Waals surface area contributed by atoms with Gasteiger partial charge in [0.15, 0.2) is 12.4 Å². The summed E-state index contributed by atoms with van der Waals surface area (Å²) in [6, 6.07) is 8.48. The van der Waals surface area contributed by atoms with E-state index in [1.54, 1.807) is 36.5 Å². The van der Waals surface area contributed by atoms with Gasteiger partial charge < -0.3 is 10.1 Å². The lowest BCUT2D eigenvalue weighted by atomic mass is 10.1. The Labute approximate surface area is 168 Å². The van der Waals surface area contributed by atoms with Crippen molar-refractivity contribution < 1.29 is 19.1 Å². The minimum Gasteiger partial charge on any atom is -0.456 e. The second-order valence-electron chi connectivity index (χ2n) is 6.74. The number of anilines is 1. The van der Waals surface area contributed by atoms with Gasteiger partial charge in [0.1, 0.15) is 5.82 Å². The highest BCUT2D eigenvalue weighted by Crippen LogP contribution is 2.31. The number of carbonyl (C=O) groups excluding carboxylic acids is 3. The lowest BCUT2D eigenvalue weighted by Crippen LogP contribution is -2.23. The summed E-state index contributed by atoms with van der Waals surface area (Å²) in [4.78, 5) is 35.9. The predicted octanol–water partition coefficient (Wildman–Crippen LogP) is 3.80. The van der Waals surface area contributed by atoms with Crippen molar-refractivity contribution in [1.29, 1.82) is 0 Å². The van der Waals surface area contributed by atoms with E-state index in [9.17, 15) is 14.4 Å². The molecule has 1 aliphatic rings. The summed E-state index contributed by atoms with van der Waals surface area (Å²) in [5.41, 5.74) is 0.482. The van der Waals surface area contributed by atoms with E-state index in [-0.39, 0.29) is 18.6 Å². The molecular weight excluding hydrogens is 382 g/mol. The number of rotatable bonds is 8. The lowest BCUT2D eigenvalue weighted by Gasteiger charge is -2.14. The number of nitrogens with one attached hydrogen (secondary N) is 1. The van der Waals surface area contributed by atoms with Gasteiger partial charge in [-0.05, 0) is 37.1 Å². The fourth-order valence-electron chi connectivity index (χ4n) is 3.25. The highest BCUT2D eigenvalue weighted by Gasteiger charge is 2.20. The van der Waals surface area contributed by atoms with Crippen LogP contribution in [0.15, 0.2) is 36.5 Å². The molecule has 7 nitrogen and oxygen atoms in total. The maximum Gasteiger partial charge on any atom is 0.306 e. The van der Waals surface area contributed by atoms with Gasteiger partial charge in [-0.15, -0.1) is 0 Å². The monoisotopic (exact) mass is 403 g/mol. The van der Waals surface area contributed by atoms with Crippen LogP contribution in [0, 0.1) is 0 Å². The molecule has 1 amide bonds. The standard InChI is InChI=1S/C20H22ClN3O4/c21-15-7-5-14(6-8-15)17(25)9-10-20(27)28-13-19(26)23-18-11-12-22-24(18)16-3-1-2-4-16/h5-8,11-12,16H,1-4,9-10,13H2,(H,23,26). The van der Waals surface area contributed by atoms with Gasteiger partial charge in [-0.25, -0.2) is 4.68 Å². The Morgan fingerprint density at radius 2 is 1.82 bits per heavy atom. The molecule has 0 saturated heterocycles. The highest BCUT2D eigenvalue weighted by molar-refractivity contribution is 6.30. The quantitative estimate of drug-likeness (QED) is 0.534. The number of hydrogen-bond acceptors (Lipinski definition) is 5. The summed E-state index contributed by atoms with van der Waals surface area (Å²) in [5.74, 6) is -0.608. The van der Waals surface area contributed by atoms with Gasteiger partial charge in [-0.3, -0.25) is 14.4 Å². The van der Waals surface area contributed by atoms with Gasteiger partial charge in [0, 0.05) is 23.1 Å². The van der Waals surface area contributed by atoms with Crippen molar-refractivity contribution in [2.24, 2.45) is 0 Å². The molecule has 1 aromatic carbocycles. The van der Waals surface area contributed by atoms with Crippen molar-refractivity contribution in [3.05, 3.63) is 47.1 Å². The van der Waals surface area contributed by atoms with Gasteiger partial charge >= 0.3 is 5.97 Å². The molecule has 1 N–H and O–H groups in total. The van der Waals surface area contributed by atoms with E-state index in [4.69, 9.17) is 16.3 Å². The van der Waals surface area contributed by atoms with Crippen molar-refractivity contribution >= 4 is 35.1 Å². The largest absolute Gasteiger partial charge is 0.456 e. The number of aromatic nitrogens is 2. The molecular formula is C20H22ClN3O4. The smallest absolute Gasteiger partial charge is 0.306 e. The second kappa shape index (κ2) is 9.50. The van der Waals surface area contributed by atoms with E-state index in [0.29, 0.717) is 22.4 Å². The third-order valence-corrected chi connectivity index (χ3v) is 4.95. The van der Waals surface area contributed by atoms with Crippen LogP contribution in [0.4, 0.5) is 5.82 Å². The minimum atomic E-state index is -0.596. The molecule has 1 aromatic heterocycles. The van der Waals surface area contributed by atoms with Crippen LogP contribution in [0.25, 0.3) is 0 Å². The molecule has 148 valence electrons. The number of carbonyl (C=O) groups is 3. The van der Waals surface area contributed by atoms with Gasteiger partial charge in [0.05, 0.1) is 18.7 Å². The molecule has 0 spiro atoms. The zero-order valence-corrected chi connectivity index (χ0v) is 16.2. The van der Waals surface area contributed by atoms with Gasteiger partial charge in [-0.1, -0.05) is 24.4 Å². The van der Waals surface area contributed by atoms with Gasteiger partial charge in [-0.2, -0.15) is 5.10 Å². The number of amides is 1. The molecule has 1 fully saturated rings. The number of nitrogens with zero attached hydrogens (tertiary/aromatic N) is 2. The number of hydrogen-bond donors (Lipinski definition) is 1. The first-order valence-electron chi connectivity index (χ1n) is 9.30. The zero-order valence-electron chi connectivity index (χ0n) is 15.4. The average Bonchev–Trinajstić information content (AvgIpc) is 3.36. The molecule has 1 saturated carbocycles. The van der Waals surface area contributed by atoms with Crippen LogP contribution >= 0.6 is 11.6 Å². The summed E-state index contributed by atoms with van der Waals surface area (Å²) < 4.78 is 6.79. The molecule has 0 aliphatic heterocycles. The molecule has 1 aliphatic carbocycles. The third-order valence-electron chi connectivity index (χ3n) is 4.69. The number of ketones is 1. The maximum atomic E-state index is 12.1. The molecule has 1 heterocycles. The van der Waals surface area contributed by atoms with E-state index < -0.39 is 18.5 Å². The molecule has 0 unspecified atom stereocenters. The first-order valence-corrected chi connectivity index (χ1v) is 9.68. The molecule has 3 rings (SSSR count). The Balaban J connectivity index is 1.41. The van der Waals surface area contributed by atoms with Crippen LogP contribution in [0.1, 0.15) is 54.9 Å². The van der Waals surface area contributed by atoms with Crippen LogP contribution < -0.4 is 5.32 Å². The van der Waals surface area contributed by atoms with E-state index in [1.807, 2.05) is 4.68 Å². The van der Waals surface area contributed by atoms with Crippen LogP contribution in [0.2, 0.25) is 5.02 Å². The molecule has 0 atom stereocenters. The molecule has 2 aromatic rings. The lowest BCUT2D eigenvalue weighted by molar-refractivity contribution is -0.147. The summed E-state index contributed by atoms with van der Waals surface area (Å²) in [6.45, 7) is -0.399. The van der Waals surface area contributed by atoms with E-state index >= 15 is 0 Å². The van der Waals surface area contributed by atoms with Gasteiger partial charge in [0.2, 0.25) is 0 Å². The molecule has 0 bridgehead atoms. The van der Waals surface area contributed by atoms with Crippen LogP contribution in [-0.2, 0) is 14.3 Å². The Hall–Kier alpha value is -2.67. The van der Waals surface area contributed by atoms with Crippen molar-refractivity contribution in [3.8, 4) is 0 Å². The maximum absolute atomic E-state index is 12.1. The predicted molar refractivity (Wildman–Crippen MR) is 104 cm³/mol. The van der Waals surface area contributed by atoms with E-state index in [0.717, 1.165) is 25.7 Å². The summed E-state index contributed by atoms with van der Waals surface area (Å²) in [7, 11) is 0. The van der Waals surface area contributed by atoms with E-state index in [2.05, 4.69) is 10.4 Å². The SMILES string of the molecule is O=C(COC(=O)CCC(=O)c1ccc(Cl)cc1)Nc1ccnn1C1CCCC1. The van der Waals surface area contributed by atoms with Crippen LogP contribution in [-0.4, -0.2) is 34.0 Å². The Bertz CT molecular complexity index is 841. The number of Topliss-reactive ketones (excluding diaryl/α,β-unsaturated/α-hetero) is 1. The second-order valence-corrected chi connectivity index (χ2v) is 7.17. The van der Waals surface area contributed by atoms with Gasteiger partial charge in [0.25, 0.3) is 5.91 Å². The summed E-state index contributed by atoms with van der Waals surface area (Å²) in [6.07, 6.45) is 5.96. The first kappa shape index (κ1) is 20.1. The first-order chi connectivity index (χ1) is 13.5. The number of halogens is 1. The van der Waals surface area contributed by atoms with Crippen molar-refractivity contribution in [1.82, 2.24) is 9.78 Å². The topological polar surface area (TPSA) is 90.3 Å². The highest BCUT2D eigenvalue weighted by atomic mass is 35.5. The average molecular weight is 404 g/mol. The Morgan fingerprint density at radius 1 is 1.11 bits per heavy atom. The summed E-state index contributed by atoms with van der Waals surface area (Å²) in [5, 5.41) is 7.54. The number of esters is 1. The number of ether oxygens (including phenoxy) is 1. The van der Waals surface area contributed by atoms with Crippen LogP contribution in [0.5, 0.6) is 0 Å². The normalized spacial score (nSPS) is 14.0. The molecule has 8 heteroatoms. The Kier molecular flexibility index (Phi) is 6.81. The van der Waals surface area contributed by atoms with E-state index in [1.165, 1.54) is 0 Å². The molecule has 0 radical (unpaired) electrons. The van der Waals surface area contributed by atoms with Crippen molar-refractivity contribution in [2.75, 3.05) is 11.9 Å². The zero-order chi connectivity index (χ0) is 19.9. The fourth-order valence-corrected chi connectivity index (χ4v) is 3.37. The minimum absolute atomic E-state index is 0.0105. The Morgan fingerprint density at radius 3 is 2.54 bits per heavy atom. The summed E-state index contributed by atoms with van der Waals surface area (Å²) >= 11 is 5.78.